The third-order valence-electron chi connectivity index (χ3n) is 11.3. The van der Waals surface area contributed by atoms with Crippen molar-refractivity contribution in [1.82, 2.24) is 4.57 Å². The minimum absolute atomic E-state index is 1.10. The van der Waals surface area contributed by atoms with E-state index in [-0.39, 0.29) is 0 Å². The van der Waals surface area contributed by atoms with Crippen LogP contribution in [-0.4, -0.2) is 4.57 Å². The van der Waals surface area contributed by atoms with E-state index in [1.165, 1.54) is 76.4 Å². The lowest BCUT2D eigenvalue weighted by Crippen LogP contribution is -2.10. The molecule has 0 aliphatic rings. The van der Waals surface area contributed by atoms with Crippen molar-refractivity contribution >= 4 is 71.2 Å². The summed E-state index contributed by atoms with van der Waals surface area (Å²) >= 11 is 0. The monoisotopic (exact) mass is 712 g/mol. The van der Waals surface area contributed by atoms with Gasteiger partial charge in [0.25, 0.3) is 0 Å². The van der Waals surface area contributed by atoms with Crippen molar-refractivity contribution in [2.75, 3.05) is 4.90 Å². The van der Waals surface area contributed by atoms with Crippen molar-refractivity contribution in [3.63, 3.8) is 0 Å². The highest BCUT2D eigenvalue weighted by molar-refractivity contribution is 6.10. The van der Waals surface area contributed by atoms with Crippen LogP contribution in [0.5, 0.6) is 0 Å². The molecule has 1 aromatic heterocycles. The highest BCUT2D eigenvalue weighted by atomic mass is 15.1. The molecule has 0 radical (unpaired) electrons. The second kappa shape index (κ2) is 13.2. The van der Waals surface area contributed by atoms with Crippen LogP contribution in [-0.2, 0) is 0 Å². The fraction of sp³-hybridized carbons (Fsp3) is 0. The minimum Gasteiger partial charge on any atom is -0.310 e. The van der Waals surface area contributed by atoms with E-state index in [2.05, 4.69) is 228 Å². The smallest absolute Gasteiger partial charge is 0.0561 e. The molecule has 2 nitrogen and oxygen atoms in total. The van der Waals surface area contributed by atoms with Crippen molar-refractivity contribution in [2.24, 2.45) is 0 Å². The van der Waals surface area contributed by atoms with Crippen LogP contribution in [0.3, 0.4) is 0 Å². The molecule has 0 saturated heterocycles. The molecule has 0 spiro atoms. The number of benzene rings is 10. The maximum Gasteiger partial charge on any atom is 0.0561 e. The van der Waals surface area contributed by atoms with Gasteiger partial charge < -0.3 is 9.47 Å². The van der Waals surface area contributed by atoms with Crippen molar-refractivity contribution in [2.45, 2.75) is 0 Å². The predicted octanol–water partition coefficient (Wildman–Crippen LogP) is 15.0. The van der Waals surface area contributed by atoms with Crippen LogP contribution < -0.4 is 4.90 Å². The number of aromatic nitrogens is 1. The van der Waals surface area contributed by atoms with Gasteiger partial charge in [-0.05, 0) is 127 Å². The summed E-state index contributed by atoms with van der Waals surface area (Å²) in [5.41, 5.74) is 11.7. The Morgan fingerprint density at radius 3 is 1.46 bits per heavy atom. The molecule has 0 N–H and O–H groups in total. The summed E-state index contributed by atoms with van der Waals surface area (Å²) in [5.74, 6) is 0. The predicted molar refractivity (Wildman–Crippen MR) is 239 cm³/mol. The van der Waals surface area contributed by atoms with E-state index < -0.39 is 0 Å². The first-order valence-electron chi connectivity index (χ1n) is 19.2. The van der Waals surface area contributed by atoms with E-state index >= 15 is 0 Å². The average molecular weight is 713 g/mol. The molecule has 11 aromatic rings. The van der Waals surface area contributed by atoms with Crippen LogP contribution >= 0.6 is 0 Å². The van der Waals surface area contributed by atoms with Crippen molar-refractivity contribution in [1.29, 1.82) is 0 Å². The first kappa shape index (κ1) is 32.0. The first-order chi connectivity index (χ1) is 27.7. The molecular weight excluding hydrogens is 677 g/mol. The number of para-hydroxylation sites is 2. The van der Waals surface area contributed by atoms with Gasteiger partial charge in [0, 0.05) is 33.5 Å². The number of anilines is 3. The van der Waals surface area contributed by atoms with Crippen LogP contribution in [0.25, 0.3) is 82.1 Å². The van der Waals surface area contributed by atoms with E-state index in [1.807, 2.05) is 0 Å². The molecule has 0 bridgehead atoms. The summed E-state index contributed by atoms with van der Waals surface area (Å²) in [7, 11) is 0. The second-order valence-corrected chi connectivity index (χ2v) is 14.6. The number of fused-ring (bicyclic) bond motifs is 6. The first-order valence-corrected chi connectivity index (χ1v) is 19.2. The third-order valence-corrected chi connectivity index (χ3v) is 11.3. The van der Waals surface area contributed by atoms with Gasteiger partial charge in [0.05, 0.1) is 11.0 Å². The maximum atomic E-state index is 2.40. The Hall–Kier alpha value is -7.42. The van der Waals surface area contributed by atoms with Gasteiger partial charge in [-0.15, -0.1) is 0 Å². The van der Waals surface area contributed by atoms with Gasteiger partial charge in [0.2, 0.25) is 0 Å². The zero-order chi connectivity index (χ0) is 37.0. The molecular formula is C54H36N2. The lowest BCUT2D eigenvalue weighted by molar-refractivity contribution is 1.18. The molecule has 0 fully saturated rings. The Morgan fingerprint density at radius 1 is 0.268 bits per heavy atom. The number of hydrogen-bond acceptors (Lipinski definition) is 1. The van der Waals surface area contributed by atoms with Crippen LogP contribution in [0.2, 0.25) is 0 Å². The Balaban J connectivity index is 1.04. The molecule has 1 heterocycles. The summed E-state index contributed by atoms with van der Waals surface area (Å²) in [4.78, 5) is 2.40. The Morgan fingerprint density at radius 2 is 0.750 bits per heavy atom. The fourth-order valence-corrected chi connectivity index (χ4v) is 8.51. The van der Waals surface area contributed by atoms with E-state index in [0.717, 1.165) is 22.7 Å². The van der Waals surface area contributed by atoms with Crippen LogP contribution in [0.15, 0.2) is 218 Å². The molecule has 10 aromatic carbocycles. The van der Waals surface area contributed by atoms with Gasteiger partial charge in [-0.3, -0.25) is 0 Å². The molecule has 56 heavy (non-hydrogen) atoms. The number of hydrogen-bond donors (Lipinski definition) is 0. The summed E-state index contributed by atoms with van der Waals surface area (Å²) in [5, 5.41) is 9.90. The summed E-state index contributed by atoms with van der Waals surface area (Å²) < 4.78 is 2.39. The van der Waals surface area contributed by atoms with Gasteiger partial charge in [-0.2, -0.15) is 0 Å². The van der Waals surface area contributed by atoms with E-state index in [9.17, 15) is 0 Å². The molecule has 11 rings (SSSR count). The minimum atomic E-state index is 1.10. The zero-order valence-corrected chi connectivity index (χ0v) is 30.7. The molecule has 0 amide bonds. The van der Waals surface area contributed by atoms with E-state index in [4.69, 9.17) is 0 Å². The zero-order valence-electron chi connectivity index (χ0n) is 30.7. The van der Waals surface area contributed by atoms with Crippen molar-refractivity contribution < 1.29 is 0 Å². The second-order valence-electron chi connectivity index (χ2n) is 14.6. The van der Waals surface area contributed by atoms with Crippen molar-refractivity contribution in [3.8, 4) is 27.9 Å². The molecule has 0 atom stereocenters. The normalized spacial score (nSPS) is 11.6. The van der Waals surface area contributed by atoms with E-state index in [1.54, 1.807) is 0 Å². The Bertz CT molecular complexity index is 3260. The van der Waals surface area contributed by atoms with Gasteiger partial charge >= 0.3 is 0 Å². The van der Waals surface area contributed by atoms with E-state index in [0.29, 0.717) is 0 Å². The van der Waals surface area contributed by atoms with Crippen LogP contribution in [0.1, 0.15) is 0 Å². The largest absolute Gasteiger partial charge is 0.310 e. The Kier molecular flexibility index (Phi) is 7.53. The summed E-state index contributed by atoms with van der Waals surface area (Å²) in [6.07, 6.45) is 0. The van der Waals surface area contributed by atoms with Crippen molar-refractivity contribution in [3.05, 3.63) is 218 Å². The van der Waals surface area contributed by atoms with Gasteiger partial charge in [0.15, 0.2) is 0 Å². The SMILES string of the molecule is c1ccc(-n2c3ccccc3c3ccc(N(c4cccc(-c5ccc6cc(-c7ccc8ccccc8c7)ccc6c5)c4)c4ccc5ccccc5c4)cc32)cc1. The lowest BCUT2D eigenvalue weighted by atomic mass is 9.96. The molecule has 0 aliphatic heterocycles. The summed E-state index contributed by atoms with van der Waals surface area (Å²) in [6.45, 7) is 0. The topological polar surface area (TPSA) is 8.17 Å². The highest BCUT2D eigenvalue weighted by Crippen LogP contribution is 2.41. The molecule has 0 aliphatic carbocycles. The molecule has 2 heteroatoms. The van der Waals surface area contributed by atoms with Crippen LogP contribution in [0, 0.1) is 0 Å². The Labute approximate surface area is 325 Å². The van der Waals surface area contributed by atoms with Gasteiger partial charge in [0.1, 0.15) is 0 Å². The van der Waals surface area contributed by atoms with Gasteiger partial charge in [-0.25, -0.2) is 0 Å². The lowest BCUT2D eigenvalue weighted by Gasteiger charge is -2.27. The average Bonchev–Trinajstić information content (AvgIpc) is 3.60. The standard InChI is InChI=1S/C54H36N2/c1-2-16-47(17-3-1)56-53-20-9-8-19-51(53)52-30-29-50(36-54(52)56)55(49-28-27-38-12-5-7-14-40(38)34-49)48-18-10-15-41(35-48)42-23-24-46-33-45(26-25-44(46)32-42)43-22-21-37-11-4-6-13-39(37)31-43/h1-36H. The molecule has 0 unspecified atom stereocenters. The number of rotatable bonds is 6. The maximum absolute atomic E-state index is 2.40. The highest BCUT2D eigenvalue weighted by Gasteiger charge is 2.18. The fourth-order valence-electron chi connectivity index (χ4n) is 8.51. The third kappa shape index (κ3) is 5.51. The van der Waals surface area contributed by atoms with Crippen LogP contribution in [0.4, 0.5) is 17.1 Å². The number of nitrogens with zero attached hydrogens (tertiary/aromatic N) is 2. The molecule has 0 saturated carbocycles. The van der Waals surface area contributed by atoms with Gasteiger partial charge in [-0.1, -0.05) is 146 Å². The summed E-state index contributed by atoms with van der Waals surface area (Å²) in [6, 6.07) is 79.6. The molecule has 262 valence electrons. The quantitative estimate of drug-likeness (QED) is 0.167.